The molecule has 0 aliphatic carbocycles. The fourth-order valence-corrected chi connectivity index (χ4v) is 4.34. The lowest BCUT2D eigenvalue weighted by molar-refractivity contribution is 0.0981. The number of aromatic nitrogens is 3. The van der Waals surface area contributed by atoms with Crippen LogP contribution in [0.25, 0.3) is 5.82 Å². The van der Waals surface area contributed by atoms with Gasteiger partial charge in [0.1, 0.15) is 10.2 Å². The first-order valence-electron chi connectivity index (χ1n) is 8.11. The smallest absolute Gasteiger partial charge is 0.268 e. The molecule has 0 radical (unpaired) electrons. The van der Waals surface area contributed by atoms with Gasteiger partial charge in [-0.3, -0.25) is 4.79 Å². The van der Waals surface area contributed by atoms with Crippen LogP contribution >= 0.6 is 21.6 Å². The van der Waals surface area contributed by atoms with Crippen LogP contribution in [-0.4, -0.2) is 47.9 Å². The molecular weight excluding hydrogens is 420 g/mol. The summed E-state index contributed by atoms with van der Waals surface area (Å²) >= 11 is 6.14. The SMILES string of the molecule is CS(C)(C)c1ccn(-c2ccc(C(=O)NS(=O)(=O)c3ccccc3)c(Cl)n2)n1. The molecule has 0 bridgehead atoms. The van der Waals surface area contributed by atoms with Crippen LogP contribution in [0.15, 0.2) is 64.6 Å². The minimum absolute atomic E-state index is 0.0159. The van der Waals surface area contributed by atoms with E-state index in [0.717, 1.165) is 5.03 Å². The number of carbonyl (C=O) groups is 1. The average molecular weight is 439 g/mol. The molecule has 0 unspecified atom stereocenters. The van der Waals surface area contributed by atoms with E-state index in [1.807, 2.05) is 10.8 Å². The van der Waals surface area contributed by atoms with Gasteiger partial charge in [-0.2, -0.15) is 5.10 Å². The normalized spacial score (nSPS) is 12.6. The second kappa shape index (κ2) is 7.57. The highest BCUT2D eigenvalue weighted by Gasteiger charge is 2.21. The quantitative estimate of drug-likeness (QED) is 0.618. The van der Waals surface area contributed by atoms with Crippen LogP contribution in [0.5, 0.6) is 0 Å². The fourth-order valence-electron chi connectivity index (χ4n) is 2.32. The summed E-state index contributed by atoms with van der Waals surface area (Å²) in [6.45, 7) is 0. The number of rotatable bonds is 5. The first kappa shape index (κ1) is 20.4. The van der Waals surface area contributed by atoms with Crippen LogP contribution in [-0.2, 0) is 10.0 Å². The van der Waals surface area contributed by atoms with E-state index in [1.165, 1.54) is 18.2 Å². The van der Waals surface area contributed by atoms with E-state index in [-0.39, 0.29) is 15.6 Å². The molecule has 148 valence electrons. The van der Waals surface area contributed by atoms with E-state index in [0.29, 0.717) is 5.82 Å². The largest absolute Gasteiger partial charge is 0.268 e. The molecule has 1 aromatic carbocycles. The van der Waals surface area contributed by atoms with Crippen molar-refractivity contribution in [2.45, 2.75) is 9.92 Å². The Kier molecular flexibility index (Phi) is 5.51. The van der Waals surface area contributed by atoms with Crippen molar-refractivity contribution in [3.8, 4) is 5.82 Å². The molecule has 28 heavy (non-hydrogen) atoms. The second-order valence-electron chi connectivity index (χ2n) is 6.69. The zero-order valence-corrected chi connectivity index (χ0v) is 17.8. The average Bonchev–Trinajstić information content (AvgIpc) is 3.12. The van der Waals surface area contributed by atoms with E-state index >= 15 is 0 Å². The Labute approximate surface area is 170 Å². The summed E-state index contributed by atoms with van der Waals surface area (Å²) in [6, 6.07) is 12.5. The summed E-state index contributed by atoms with van der Waals surface area (Å²) in [5.41, 5.74) is -0.0428. The molecule has 0 fully saturated rings. The van der Waals surface area contributed by atoms with Gasteiger partial charge in [-0.25, -0.2) is 32.8 Å². The van der Waals surface area contributed by atoms with Gasteiger partial charge >= 0.3 is 0 Å². The molecule has 3 rings (SSSR count). The summed E-state index contributed by atoms with van der Waals surface area (Å²) in [5, 5.41) is 5.35. The number of halogens is 1. The number of benzene rings is 1. The molecule has 0 atom stereocenters. The molecule has 2 heterocycles. The van der Waals surface area contributed by atoms with Gasteiger partial charge in [0.2, 0.25) is 0 Å². The summed E-state index contributed by atoms with van der Waals surface area (Å²) in [7, 11) is -4.99. The van der Waals surface area contributed by atoms with Crippen molar-refractivity contribution < 1.29 is 13.2 Å². The lowest BCUT2D eigenvalue weighted by Crippen LogP contribution is -2.31. The number of amides is 1. The van der Waals surface area contributed by atoms with Crippen molar-refractivity contribution in [2.24, 2.45) is 0 Å². The third-order valence-electron chi connectivity index (χ3n) is 3.79. The highest BCUT2D eigenvalue weighted by Crippen LogP contribution is 2.43. The van der Waals surface area contributed by atoms with Crippen molar-refractivity contribution in [1.82, 2.24) is 19.5 Å². The van der Waals surface area contributed by atoms with Gasteiger partial charge in [-0.15, -0.1) is 0 Å². The van der Waals surface area contributed by atoms with Crippen molar-refractivity contribution in [2.75, 3.05) is 18.8 Å². The van der Waals surface area contributed by atoms with Gasteiger partial charge in [0.25, 0.3) is 15.9 Å². The highest BCUT2D eigenvalue weighted by molar-refractivity contribution is 8.32. The number of hydrogen-bond acceptors (Lipinski definition) is 5. The van der Waals surface area contributed by atoms with Crippen molar-refractivity contribution in [1.29, 1.82) is 0 Å². The summed E-state index contributed by atoms with van der Waals surface area (Å²) in [5.74, 6) is -0.421. The Bertz CT molecular complexity index is 1120. The molecule has 7 nitrogen and oxygen atoms in total. The Morgan fingerprint density at radius 1 is 1.04 bits per heavy atom. The molecule has 3 aromatic rings. The molecule has 0 aliphatic rings. The lowest BCUT2D eigenvalue weighted by atomic mass is 10.3. The summed E-state index contributed by atoms with van der Waals surface area (Å²) in [6.07, 6.45) is 8.15. The molecule has 0 spiro atoms. The Balaban J connectivity index is 1.84. The van der Waals surface area contributed by atoms with Crippen LogP contribution in [0.4, 0.5) is 0 Å². The van der Waals surface area contributed by atoms with Crippen LogP contribution in [0.1, 0.15) is 10.4 Å². The van der Waals surface area contributed by atoms with E-state index in [2.05, 4.69) is 28.8 Å². The maximum absolute atomic E-state index is 12.4. The van der Waals surface area contributed by atoms with Crippen LogP contribution in [0, 0.1) is 0 Å². The Hall–Kier alpha value is -2.36. The second-order valence-corrected chi connectivity index (χ2v) is 12.8. The lowest BCUT2D eigenvalue weighted by Gasteiger charge is -2.21. The van der Waals surface area contributed by atoms with Gasteiger partial charge in [0.05, 0.1) is 10.5 Å². The molecule has 10 heteroatoms. The van der Waals surface area contributed by atoms with E-state index in [9.17, 15) is 13.2 Å². The van der Waals surface area contributed by atoms with Gasteiger partial charge in [-0.1, -0.05) is 29.8 Å². The van der Waals surface area contributed by atoms with Crippen LogP contribution < -0.4 is 4.72 Å². The third kappa shape index (κ3) is 4.37. The maximum atomic E-state index is 12.4. The van der Waals surface area contributed by atoms with Crippen molar-refractivity contribution in [3.63, 3.8) is 0 Å². The number of nitrogens with one attached hydrogen (secondary N) is 1. The molecular formula is C18H19ClN4O3S2. The Morgan fingerprint density at radius 3 is 2.29 bits per heavy atom. The third-order valence-corrected chi connectivity index (χ3v) is 6.89. The zero-order valence-electron chi connectivity index (χ0n) is 15.5. The predicted octanol–water partition coefficient (Wildman–Crippen LogP) is 3.09. The predicted molar refractivity (Wildman–Crippen MR) is 111 cm³/mol. The first-order chi connectivity index (χ1) is 13.1. The number of pyridine rings is 1. The summed E-state index contributed by atoms with van der Waals surface area (Å²) < 4.78 is 28.2. The minimum Gasteiger partial charge on any atom is -0.268 e. The molecule has 2 aromatic heterocycles. The highest BCUT2D eigenvalue weighted by atomic mass is 35.5. The zero-order chi connectivity index (χ0) is 20.5. The van der Waals surface area contributed by atoms with Crippen LogP contribution in [0.2, 0.25) is 5.15 Å². The maximum Gasteiger partial charge on any atom is 0.268 e. The Morgan fingerprint density at radius 2 is 1.71 bits per heavy atom. The van der Waals surface area contributed by atoms with Crippen molar-refractivity contribution in [3.05, 3.63) is 65.4 Å². The number of sulfonamides is 1. The summed E-state index contributed by atoms with van der Waals surface area (Å²) in [4.78, 5) is 16.6. The standard InChI is InChI=1S/C18H19ClN4O3S2/c1-27(2,3)16-11-12-23(21-16)15-10-9-14(17(19)20-15)18(24)22-28(25,26)13-7-5-4-6-8-13/h4-12H,1-3H3,(H,22,24). The van der Waals surface area contributed by atoms with E-state index in [1.54, 1.807) is 35.1 Å². The monoisotopic (exact) mass is 438 g/mol. The van der Waals surface area contributed by atoms with Crippen LogP contribution in [0.3, 0.4) is 0 Å². The molecule has 0 aliphatic heterocycles. The number of nitrogens with zero attached hydrogens (tertiary/aromatic N) is 3. The van der Waals surface area contributed by atoms with Gasteiger partial charge in [0, 0.05) is 6.20 Å². The number of hydrogen-bond donors (Lipinski definition) is 1. The van der Waals surface area contributed by atoms with E-state index in [4.69, 9.17) is 11.6 Å². The molecule has 1 amide bonds. The number of carbonyl (C=O) groups excluding carboxylic acids is 1. The molecule has 0 saturated heterocycles. The molecule has 0 saturated carbocycles. The first-order valence-corrected chi connectivity index (χ1v) is 12.8. The fraction of sp³-hybridized carbons (Fsp3) is 0.167. The topological polar surface area (TPSA) is 94.0 Å². The van der Waals surface area contributed by atoms with Gasteiger partial charge in [-0.05, 0) is 49.1 Å². The minimum atomic E-state index is -4.00. The van der Waals surface area contributed by atoms with Gasteiger partial charge < -0.3 is 0 Å². The van der Waals surface area contributed by atoms with E-state index < -0.39 is 26.0 Å². The van der Waals surface area contributed by atoms with Gasteiger partial charge in [0.15, 0.2) is 5.82 Å². The van der Waals surface area contributed by atoms with Crippen molar-refractivity contribution >= 4 is 37.6 Å². The molecule has 1 N–H and O–H groups in total.